The fraction of sp³-hybridized carbons (Fsp3) is 0.500. The van der Waals surface area contributed by atoms with Gasteiger partial charge in [0.25, 0.3) is 5.91 Å². The molecule has 0 atom stereocenters. The van der Waals surface area contributed by atoms with E-state index >= 15 is 0 Å². The number of thioether (sulfide) groups is 1. The van der Waals surface area contributed by atoms with Crippen LogP contribution < -0.4 is 0 Å². The minimum Gasteiger partial charge on any atom is -0.318 e. The number of halogens is 1. The quantitative estimate of drug-likeness (QED) is 0.273. The van der Waals surface area contributed by atoms with E-state index in [0.29, 0.717) is 12.1 Å². The number of aryl methyl sites for hydroxylation is 1. The number of nitrogens with zero attached hydrogens (tertiary/aromatic N) is 3. The van der Waals surface area contributed by atoms with Gasteiger partial charge in [0.2, 0.25) is 0 Å². The van der Waals surface area contributed by atoms with Gasteiger partial charge in [0, 0.05) is 26.7 Å². The van der Waals surface area contributed by atoms with Gasteiger partial charge in [-0.05, 0) is 116 Å². The van der Waals surface area contributed by atoms with E-state index in [9.17, 15) is 4.79 Å². The monoisotopic (exact) mass is 587 g/mol. The van der Waals surface area contributed by atoms with Crippen LogP contribution in [0.3, 0.4) is 0 Å². The number of amides is 1. The Morgan fingerprint density at radius 1 is 0.971 bits per heavy atom. The van der Waals surface area contributed by atoms with Crippen LogP contribution in [0.4, 0.5) is 0 Å². The smallest absolute Gasteiger partial charge is 0.267 e. The third-order valence-corrected chi connectivity index (χ3v) is 9.20. The Balaban J connectivity index is 1.48. The second kappa shape index (κ2) is 10.6. The maximum atomic E-state index is 13.7. The molecule has 1 saturated heterocycles. The third kappa shape index (κ3) is 5.03. The number of rotatable bonds is 4. The normalized spacial score (nSPS) is 22.9. The fourth-order valence-electron chi connectivity index (χ4n) is 5.67. The van der Waals surface area contributed by atoms with Crippen molar-refractivity contribution in [2.45, 2.75) is 90.1 Å². The van der Waals surface area contributed by atoms with Gasteiger partial charge in [0.15, 0.2) is 5.17 Å². The minimum atomic E-state index is 0.158. The Labute approximate surface area is 221 Å². The van der Waals surface area contributed by atoms with Crippen molar-refractivity contribution in [3.05, 3.63) is 55.8 Å². The Kier molecular flexibility index (Phi) is 7.54. The van der Waals surface area contributed by atoms with Crippen molar-refractivity contribution in [2.75, 3.05) is 0 Å². The maximum Gasteiger partial charge on any atom is 0.267 e. The highest BCUT2D eigenvalue weighted by Crippen LogP contribution is 2.39. The summed E-state index contributed by atoms with van der Waals surface area (Å²) in [4.78, 5) is 21.8. The molecule has 0 unspecified atom stereocenters. The van der Waals surface area contributed by atoms with Gasteiger partial charge >= 0.3 is 0 Å². The van der Waals surface area contributed by atoms with Gasteiger partial charge in [-0.15, -0.1) is 0 Å². The Hall–Kier alpha value is -1.54. The molecule has 1 aromatic heterocycles. The van der Waals surface area contributed by atoms with Crippen LogP contribution in [0.25, 0.3) is 11.8 Å². The first-order valence-corrected chi connectivity index (χ1v) is 14.7. The highest BCUT2D eigenvalue weighted by molar-refractivity contribution is 14.1. The molecule has 2 heterocycles. The van der Waals surface area contributed by atoms with E-state index in [-0.39, 0.29) is 5.91 Å². The Morgan fingerprint density at radius 3 is 2.29 bits per heavy atom. The number of aliphatic imine (C=N–C) groups is 1. The molecule has 4 nitrogen and oxygen atoms in total. The molecule has 6 heteroatoms. The number of carbonyl (C=O) groups is 1. The molecule has 2 aromatic rings. The van der Waals surface area contributed by atoms with E-state index in [2.05, 4.69) is 82.3 Å². The zero-order valence-electron chi connectivity index (χ0n) is 20.2. The van der Waals surface area contributed by atoms with Gasteiger partial charge < -0.3 is 4.57 Å². The van der Waals surface area contributed by atoms with Crippen molar-refractivity contribution >= 4 is 51.5 Å². The van der Waals surface area contributed by atoms with Crippen molar-refractivity contribution in [1.29, 1.82) is 0 Å². The molecule has 1 aliphatic heterocycles. The van der Waals surface area contributed by atoms with Crippen molar-refractivity contribution in [3.8, 4) is 5.69 Å². The van der Waals surface area contributed by atoms with Crippen molar-refractivity contribution in [3.63, 3.8) is 0 Å². The number of carbonyl (C=O) groups excluding carboxylic acids is 1. The summed E-state index contributed by atoms with van der Waals surface area (Å²) in [5.74, 6) is 0.158. The molecule has 5 rings (SSSR count). The molecule has 0 N–H and O–H groups in total. The van der Waals surface area contributed by atoms with E-state index in [4.69, 9.17) is 4.99 Å². The first-order chi connectivity index (χ1) is 16.5. The van der Waals surface area contributed by atoms with Gasteiger partial charge in [-0.1, -0.05) is 38.5 Å². The largest absolute Gasteiger partial charge is 0.318 e. The molecule has 3 fully saturated rings. The van der Waals surface area contributed by atoms with Crippen LogP contribution in [0.15, 0.2) is 40.2 Å². The van der Waals surface area contributed by atoms with E-state index in [0.717, 1.165) is 47.0 Å². The van der Waals surface area contributed by atoms with E-state index in [1.165, 1.54) is 53.5 Å². The molecule has 1 aromatic carbocycles. The Bertz CT molecular complexity index is 1110. The number of hydrogen-bond acceptors (Lipinski definition) is 3. The second-order valence-corrected chi connectivity index (χ2v) is 12.2. The van der Waals surface area contributed by atoms with Gasteiger partial charge in [-0.25, -0.2) is 0 Å². The SMILES string of the molecule is Cc1cc(C=C2SC(=NC3CCCCC3)N(C3CCCCC3)C2=O)c(C)n1-c1ccc(I)cc1. The second-order valence-electron chi connectivity index (χ2n) is 9.92. The van der Waals surface area contributed by atoms with E-state index < -0.39 is 0 Å². The van der Waals surface area contributed by atoms with Gasteiger partial charge in [0.05, 0.1) is 10.9 Å². The summed E-state index contributed by atoms with van der Waals surface area (Å²) >= 11 is 3.95. The van der Waals surface area contributed by atoms with Gasteiger partial charge in [-0.2, -0.15) is 0 Å². The summed E-state index contributed by atoms with van der Waals surface area (Å²) in [6.45, 7) is 4.29. The summed E-state index contributed by atoms with van der Waals surface area (Å²) in [6, 6.07) is 11.5. The lowest BCUT2D eigenvalue weighted by atomic mass is 9.94. The highest BCUT2D eigenvalue weighted by Gasteiger charge is 2.39. The van der Waals surface area contributed by atoms with Crippen LogP contribution in [0.5, 0.6) is 0 Å². The van der Waals surface area contributed by atoms with E-state index in [1.54, 1.807) is 11.8 Å². The first kappa shape index (κ1) is 24.2. The number of aromatic nitrogens is 1. The standard InChI is InChI=1S/C28H34IN3OS/c1-19-17-21(20(2)31(19)25-15-13-22(29)14-16-25)18-26-27(33)32(24-11-7-4-8-12-24)28(34-26)30-23-9-5-3-6-10-23/h13-18,23-24H,3-12H2,1-2H3. The molecule has 180 valence electrons. The maximum absolute atomic E-state index is 13.7. The van der Waals surface area contributed by atoms with Gasteiger partial charge in [0.1, 0.15) is 0 Å². The van der Waals surface area contributed by atoms with Gasteiger partial charge in [-0.3, -0.25) is 14.7 Å². The molecular formula is C28H34IN3OS. The van der Waals surface area contributed by atoms with Crippen LogP contribution in [-0.2, 0) is 4.79 Å². The van der Waals surface area contributed by atoms with Crippen molar-refractivity contribution < 1.29 is 4.79 Å². The lowest BCUT2D eigenvalue weighted by Gasteiger charge is -2.31. The molecule has 1 amide bonds. The minimum absolute atomic E-state index is 0.158. The fourth-order valence-corrected chi connectivity index (χ4v) is 7.13. The third-order valence-electron chi connectivity index (χ3n) is 7.49. The first-order valence-electron chi connectivity index (χ1n) is 12.8. The lowest BCUT2D eigenvalue weighted by molar-refractivity contribution is -0.124. The summed E-state index contributed by atoms with van der Waals surface area (Å²) in [5, 5.41) is 0.960. The molecule has 0 bridgehead atoms. The zero-order chi connectivity index (χ0) is 23.7. The molecule has 0 spiro atoms. The van der Waals surface area contributed by atoms with Crippen LogP contribution in [0.2, 0.25) is 0 Å². The van der Waals surface area contributed by atoms with E-state index in [1.807, 2.05) is 0 Å². The van der Waals surface area contributed by atoms with Crippen LogP contribution in [-0.4, -0.2) is 32.6 Å². The molecule has 0 radical (unpaired) electrons. The van der Waals surface area contributed by atoms with Crippen LogP contribution >= 0.6 is 34.4 Å². The highest BCUT2D eigenvalue weighted by atomic mass is 127. The summed E-state index contributed by atoms with van der Waals surface area (Å²) < 4.78 is 3.51. The summed E-state index contributed by atoms with van der Waals surface area (Å²) in [5.41, 5.74) is 4.63. The van der Waals surface area contributed by atoms with Crippen molar-refractivity contribution in [2.24, 2.45) is 4.99 Å². The summed E-state index contributed by atoms with van der Waals surface area (Å²) in [6.07, 6.45) is 14.2. The molecule has 2 aliphatic carbocycles. The average molecular weight is 588 g/mol. The number of hydrogen-bond donors (Lipinski definition) is 0. The Morgan fingerprint density at radius 2 is 1.62 bits per heavy atom. The average Bonchev–Trinajstić information content (AvgIpc) is 3.30. The van der Waals surface area contributed by atoms with Crippen LogP contribution in [0.1, 0.15) is 81.2 Å². The summed E-state index contributed by atoms with van der Waals surface area (Å²) in [7, 11) is 0. The topological polar surface area (TPSA) is 37.6 Å². The molecule has 2 saturated carbocycles. The van der Waals surface area contributed by atoms with Crippen LogP contribution in [0, 0.1) is 17.4 Å². The molecular weight excluding hydrogens is 553 g/mol. The lowest BCUT2D eigenvalue weighted by Crippen LogP contribution is -2.41. The number of amidine groups is 1. The predicted molar refractivity (Wildman–Crippen MR) is 152 cm³/mol. The molecule has 34 heavy (non-hydrogen) atoms. The predicted octanol–water partition coefficient (Wildman–Crippen LogP) is 7.64. The zero-order valence-corrected chi connectivity index (χ0v) is 23.2. The number of benzene rings is 1. The van der Waals surface area contributed by atoms with Crippen molar-refractivity contribution in [1.82, 2.24) is 9.47 Å². The molecule has 3 aliphatic rings.